The number of nitrogens with one attached hydrogen (secondary N) is 3. The van der Waals surface area contributed by atoms with E-state index in [2.05, 4.69) is 20.9 Å². The number of pyridine rings is 1. The highest BCUT2D eigenvalue weighted by atomic mass is 35.5. The molecule has 3 rings (SSSR count). The largest absolute Gasteiger partial charge is 0.360 e. The average Bonchev–Trinajstić information content (AvgIpc) is 2.77. The molecule has 1 atom stereocenters. The maximum absolute atomic E-state index is 12.7. The second kappa shape index (κ2) is 9.54. The van der Waals surface area contributed by atoms with Crippen molar-refractivity contribution in [1.82, 2.24) is 10.3 Å². The number of amides is 1. The zero-order valence-electron chi connectivity index (χ0n) is 16.7. The summed E-state index contributed by atoms with van der Waals surface area (Å²) in [5.74, 6) is -0.242. The molecule has 0 aliphatic rings. The van der Waals surface area contributed by atoms with Crippen LogP contribution in [0.1, 0.15) is 37.0 Å². The van der Waals surface area contributed by atoms with Crippen molar-refractivity contribution in [2.45, 2.75) is 32.9 Å². The van der Waals surface area contributed by atoms with Gasteiger partial charge in [0, 0.05) is 16.8 Å². The zero-order chi connectivity index (χ0) is 21.7. The first-order valence-corrected chi connectivity index (χ1v) is 10.2. The molecule has 3 N–H and O–H groups in total. The SMILES string of the molecule is CCC(CC)C(NC(=O)c1ccc(Cl)cc1)Nc1c(Nc2cccnc2)c(=O)c1=O. The molecule has 0 aliphatic heterocycles. The van der Waals surface area contributed by atoms with E-state index in [1.807, 2.05) is 13.8 Å². The number of carbonyl (C=O) groups excluding carboxylic acids is 1. The lowest BCUT2D eigenvalue weighted by Gasteiger charge is -2.29. The molecule has 7 nitrogen and oxygen atoms in total. The Morgan fingerprint density at radius 1 is 1.03 bits per heavy atom. The van der Waals surface area contributed by atoms with Crippen LogP contribution in [0.2, 0.25) is 5.02 Å². The van der Waals surface area contributed by atoms with E-state index in [9.17, 15) is 14.4 Å². The predicted octanol–water partition coefficient (Wildman–Crippen LogP) is 3.68. The van der Waals surface area contributed by atoms with Crippen LogP contribution in [0, 0.1) is 5.92 Å². The van der Waals surface area contributed by atoms with Crippen LogP contribution in [0.5, 0.6) is 0 Å². The van der Waals surface area contributed by atoms with Gasteiger partial charge in [0.05, 0.1) is 11.9 Å². The minimum atomic E-state index is -0.613. The van der Waals surface area contributed by atoms with Gasteiger partial charge in [0.2, 0.25) is 0 Å². The van der Waals surface area contributed by atoms with Gasteiger partial charge < -0.3 is 16.0 Å². The van der Waals surface area contributed by atoms with Crippen molar-refractivity contribution >= 4 is 34.6 Å². The normalized spacial score (nSPS) is 12.0. The first kappa shape index (κ1) is 21.5. The van der Waals surface area contributed by atoms with E-state index in [4.69, 9.17) is 11.6 Å². The van der Waals surface area contributed by atoms with Gasteiger partial charge in [0.15, 0.2) is 0 Å². The molecular weight excluding hydrogens is 404 g/mol. The fraction of sp³-hybridized carbons (Fsp3) is 0.273. The van der Waals surface area contributed by atoms with E-state index < -0.39 is 17.0 Å². The molecule has 30 heavy (non-hydrogen) atoms. The van der Waals surface area contributed by atoms with Crippen molar-refractivity contribution in [2.75, 3.05) is 10.6 Å². The Kier molecular flexibility index (Phi) is 6.84. The third-order valence-corrected chi connectivity index (χ3v) is 5.31. The number of benzene rings is 1. The Balaban J connectivity index is 1.83. The van der Waals surface area contributed by atoms with Crippen molar-refractivity contribution in [1.29, 1.82) is 0 Å². The molecule has 0 saturated carbocycles. The van der Waals surface area contributed by atoms with Crippen molar-refractivity contribution in [3.8, 4) is 0 Å². The number of anilines is 3. The molecule has 156 valence electrons. The van der Waals surface area contributed by atoms with Crippen LogP contribution >= 0.6 is 11.6 Å². The highest BCUT2D eigenvalue weighted by Crippen LogP contribution is 2.23. The van der Waals surface area contributed by atoms with Gasteiger partial charge in [0.1, 0.15) is 17.5 Å². The molecule has 0 aliphatic carbocycles. The summed E-state index contributed by atoms with van der Waals surface area (Å²) < 4.78 is 0. The van der Waals surface area contributed by atoms with E-state index in [1.54, 1.807) is 48.8 Å². The second-order valence-corrected chi connectivity index (χ2v) is 7.39. The number of rotatable bonds is 9. The zero-order valence-corrected chi connectivity index (χ0v) is 17.5. The van der Waals surface area contributed by atoms with Crippen molar-refractivity contribution in [3.63, 3.8) is 0 Å². The summed E-state index contributed by atoms with van der Waals surface area (Å²) in [6.07, 6.45) is 4.19. The quantitative estimate of drug-likeness (QED) is 0.356. The summed E-state index contributed by atoms with van der Waals surface area (Å²) in [5.41, 5.74) is 0.168. The molecule has 0 radical (unpaired) electrons. The van der Waals surface area contributed by atoms with Gasteiger partial charge >= 0.3 is 0 Å². The summed E-state index contributed by atoms with van der Waals surface area (Å²) in [5, 5.41) is 9.50. The van der Waals surface area contributed by atoms with Gasteiger partial charge in [-0.15, -0.1) is 0 Å². The van der Waals surface area contributed by atoms with Crippen LogP contribution in [0.4, 0.5) is 17.1 Å². The molecule has 1 amide bonds. The monoisotopic (exact) mass is 426 g/mol. The Morgan fingerprint density at radius 2 is 1.70 bits per heavy atom. The third kappa shape index (κ3) is 4.68. The minimum Gasteiger partial charge on any atom is -0.360 e. The molecule has 0 spiro atoms. The molecule has 2 aromatic carbocycles. The highest BCUT2D eigenvalue weighted by molar-refractivity contribution is 6.30. The summed E-state index contributed by atoms with van der Waals surface area (Å²) in [6, 6.07) is 10.0. The number of aromatic nitrogens is 1. The first-order valence-electron chi connectivity index (χ1n) is 9.77. The van der Waals surface area contributed by atoms with E-state index >= 15 is 0 Å². The molecule has 3 aromatic rings. The topological polar surface area (TPSA) is 100 Å². The number of halogens is 1. The molecule has 8 heteroatoms. The average molecular weight is 427 g/mol. The molecule has 0 saturated heterocycles. The summed E-state index contributed by atoms with van der Waals surface area (Å²) >= 11 is 5.89. The smallest absolute Gasteiger partial charge is 0.253 e. The van der Waals surface area contributed by atoms with Crippen LogP contribution in [0.15, 0.2) is 58.4 Å². The Bertz CT molecular complexity index is 1070. The summed E-state index contributed by atoms with van der Waals surface area (Å²) in [7, 11) is 0. The van der Waals surface area contributed by atoms with Crippen molar-refractivity contribution in [3.05, 3.63) is 79.8 Å². The lowest BCUT2D eigenvalue weighted by atomic mass is 9.98. The van der Waals surface area contributed by atoms with Crippen LogP contribution in [-0.4, -0.2) is 17.1 Å². The van der Waals surface area contributed by atoms with Gasteiger partial charge in [-0.3, -0.25) is 19.4 Å². The molecule has 0 bridgehead atoms. The Labute approximate surface area is 179 Å². The predicted molar refractivity (Wildman–Crippen MR) is 119 cm³/mol. The summed E-state index contributed by atoms with van der Waals surface area (Å²) in [6.45, 7) is 4.02. The van der Waals surface area contributed by atoms with E-state index in [1.165, 1.54) is 0 Å². The molecule has 0 fully saturated rings. The fourth-order valence-electron chi connectivity index (χ4n) is 3.24. The standard InChI is InChI=1S/C22H23ClN4O3/c1-3-13(4-2)21(27-22(30)14-7-9-15(23)10-8-14)26-18-17(19(28)20(18)29)25-16-6-5-11-24-12-16/h5-13,21,25-26H,3-4H2,1-2H3,(H,27,30). The van der Waals surface area contributed by atoms with E-state index in [-0.39, 0.29) is 23.2 Å². The lowest BCUT2D eigenvalue weighted by Crippen LogP contribution is -2.49. The summed E-state index contributed by atoms with van der Waals surface area (Å²) in [4.78, 5) is 41.1. The van der Waals surface area contributed by atoms with Crippen LogP contribution < -0.4 is 26.8 Å². The van der Waals surface area contributed by atoms with E-state index in [0.717, 1.165) is 12.8 Å². The maximum atomic E-state index is 12.7. The van der Waals surface area contributed by atoms with Gasteiger partial charge in [-0.25, -0.2) is 0 Å². The Hall–Kier alpha value is -3.19. The Morgan fingerprint density at radius 3 is 2.30 bits per heavy atom. The van der Waals surface area contributed by atoms with Gasteiger partial charge in [-0.1, -0.05) is 25.4 Å². The number of carbonyl (C=O) groups is 1. The van der Waals surface area contributed by atoms with Crippen LogP contribution in [0.25, 0.3) is 0 Å². The number of nitrogens with zero attached hydrogens (tertiary/aromatic N) is 1. The third-order valence-electron chi connectivity index (χ3n) is 5.05. The maximum Gasteiger partial charge on any atom is 0.253 e. The lowest BCUT2D eigenvalue weighted by molar-refractivity contribution is 0.0927. The fourth-order valence-corrected chi connectivity index (χ4v) is 3.37. The molecule has 1 aromatic heterocycles. The first-order chi connectivity index (χ1) is 14.4. The van der Waals surface area contributed by atoms with Gasteiger partial charge in [0.25, 0.3) is 16.8 Å². The molecule has 1 unspecified atom stereocenters. The van der Waals surface area contributed by atoms with Crippen molar-refractivity contribution < 1.29 is 4.79 Å². The van der Waals surface area contributed by atoms with Crippen molar-refractivity contribution in [2.24, 2.45) is 5.92 Å². The molecule has 1 heterocycles. The minimum absolute atomic E-state index is 0.0527. The van der Waals surface area contributed by atoms with Gasteiger partial charge in [-0.05, 0) is 55.2 Å². The second-order valence-electron chi connectivity index (χ2n) is 6.95. The van der Waals surface area contributed by atoms with E-state index in [0.29, 0.717) is 16.3 Å². The number of hydrogen-bond acceptors (Lipinski definition) is 6. The molecular formula is C22H23ClN4O3. The van der Waals surface area contributed by atoms with Gasteiger partial charge in [-0.2, -0.15) is 0 Å². The van der Waals surface area contributed by atoms with Crippen LogP contribution in [0.3, 0.4) is 0 Å². The van der Waals surface area contributed by atoms with Crippen LogP contribution in [-0.2, 0) is 0 Å². The number of hydrogen-bond donors (Lipinski definition) is 3. The highest BCUT2D eigenvalue weighted by Gasteiger charge is 2.28.